The Morgan fingerprint density at radius 2 is 2.33 bits per heavy atom. The highest BCUT2D eigenvalue weighted by Gasteiger charge is 1.97. The van der Waals surface area contributed by atoms with Gasteiger partial charge in [0, 0.05) is 11.8 Å². The predicted octanol–water partition coefficient (Wildman–Crippen LogP) is 3.24. The lowest BCUT2D eigenvalue weighted by Gasteiger charge is -1.94. The number of pyridine rings is 1. The summed E-state index contributed by atoms with van der Waals surface area (Å²) in [5.41, 5.74) is 0.856. The van der Waals surface area contributed by atoms with Crippen molar-refractivity contribution in [3.63, 3.8) is 0 Å². The van der Waals surface area contributed by atoms with Crippen LogP contribution in [-0.2, 0) is 0 Å². The Kier molecular flexibility index (Phi) is 4.07. The highest BCUT2D eigenvalue weighted by atomic mass is 79.9. The van der Waals surface area contributed by atoms with Crippen LogP contribution in [0.3, 0.4) is 0 Å². The molecule has 4 heteroatoms. The highest BCUT2D eigenvalue weighted by molar-refractivity contribution is 9.10. The van der Waals surface area contributed by atoms with E-state index >= 15 is 0 Å². The zero-order valence-electron chi connectivity index (χ0n) is 5.94. The van der Waals surface area contributed by atoms with E-state index < -0.39 is 0 Å². The molecule has 0 amide bonds. The van der Waals surface area contributed by atoms with Gasteiger partial charge in [0.1, 0.15) is 5.15 Å². The molecule has 0 atom stereocenters. The minimum Gasteiger partial charge on any atom is -0.243 e. The summed E-state index contributed by atoms with van der Waals surface area (Å²) in [6.45, 7) is 0. The lowest BCUT2D eigenvalue weighted by molar-refractivity contribution is 1.30. The van der Waals surface area contributed by atoms with Gasteiger partial charge in [0.2, 0.25) is 0 Å². The number of nitrogens with zero attached hydrogens (tertiary/aromatic N) is 1. The van der Waals surface area contributed by atoms with Crippen molar-refractivity contribution in [2.45, 2.75) is 0 Å². The summed E-state index contributed by atoms with van der Waals surface area (Å²) in [5, 5.41) is 1.11. The van der Waals surface area contributed by atoms with Gasteiger partial charge in [-0.3, -0.25) is 0 Å². The van der Waals surface area contributed by atoms with E-state index in [-0.39, 0.29) is 0 Å². The van der Waals surface area contributed by atoms with Crippen molar-refractivity contribution in [3.8, 4) is 11.8 Å². The number of hydrogen-bond acceptors (Lipinski definition) is 1. The minimum absolute atomic E-state index is 0.456. The third-order valence-electron chi connectivity index (χ3n) is 1.11. The van der Waals surface area contributed by atoms with Crippen LogP contribution in [0.15, 0.2) is 16.7 Å². The van der Waals surface area contributed by atoms with Gasteiger partial charge in [-0.15, -0.1) is 0 Å². The summed E-state index contributed by atoms with van der Waals surface area (Å²) in [6.07, 6.45) is 1.64. The smallest absolute Gasteiger partial charge is 0.130 e. The first-order chi connectivity index (χ1) is 5.74. The minimum atomic E-state index is 0.456. The topological polar surface area (TPSA) is 12.9 Å². The van der Waals surface area contributed by atoms with Crippen LogP contribution in [0.25, 0.3) is 0 Å². The van der Waals surface area contributed by atoms with Gasteiger partial charge in [0.25, 0.3) is 0 Å². The zero-order valence-corrected chi connectivity index (χ0v) is 9.87. The lowest BCUT2D eigenvalue weighted by atomic mass is 10.3. The van der Waals surface area contributed by atoms with Crippen LogP contribution in [0.2, 0.25) is 5.15 Å². The lowest BCUT2D eigenvalue weighted by Crippen LogP contribution is -1.81. The van der Waals surface area contributed by atoms with Crippen molar-refractivity contribution >= 4 is 43.5 Å². The first-order valence-corrected chi connectivity index (χ1v) is 5.39. The summed E-state index contributed by atoms with van der Waals surface area (Å²) >= 11 is 12.2. The van der Waals surface area contributed by atoms with E-state index in [0.717, 1.165) is 10.0 Å². The Labute approximate surface area is 92.8 Å². The summed E-state index contributed by atoms with van der Waals surface area (Å²) < 4.78 is 0.861. The predicted molar refractivity (Wildman–Crippen MR) is 57.6 cm³/mol. The number of rotatable bonds is 0. The van der Waals surface area contributed by atoms with E-state index in [2.05, 4.69) is 48.7 Å². The fourth-order valence-electron chi connectivity index (χ4n) is 0.638. The molecule has 0 bridgehead atoms. The van der Waals surface area contributed by atoms with Crippen LogP contribution in [0, 0.1) is 11.8 Å². The molecule has 0 saturated heterocycles. The van der Waals surface area contributed by atoms with E-state index in [4.69, 9.17) is 11.6 Å². The molecule has 0 aromatic carbocycles. The molecule has 0 unspecified atom stereocenters. The summed E-state index contributed by atoms with van der Waals surface area (Å²) in [7, 11) is 0. The van der Waals surface area contributed by atoms with E-state index in [1.807, 2.05) is 0 Å². The van der Waals surface area contributed by atoms with Crippen molar-refractivity contribution in [3.05, 3.63) is 27.5 Å². The molecule has 0 saturated carbocycles. The van der Waals surface area contributed by atoms with Gasteiger partial charge in [-0.1, -0.05) is 39.4 Å². The van der Waals surface area contributed by atoms with Gasteiger partial charge in [0.15, 0.2) is 0 Å². The maximum atomic E-state index is 5.68. The van der Waals surface area contributed by atoms with Crippen LogP contribution >= 0.6 is 43.5 Å². The third-order valence-corrected chi connectivity index (χ3v) is 2.23. The van der Waals surface area contributed by atoms with E-state index in [9.17, 15) is 0 Å². The average Bonchev–Trinajstić information content (AvgIpc) is 2.07. The summed E-state index contributed by atoms with van der Waals surface area (Å²) in [6, 6.07) is 1.72. The quantitative estimate of drug-likeness (QED) is 0.407. The molecule has 1 aromatic heterocycles. The summed E-state index contributed by atoms with van der Waals surface area (Å²) in [5.74, 6) is 5.82. The fourth-order valence-corrected chi connectivity index (χ4v) is 1.25. The zero-order chi connectivity index (χ0) is 8.97. The number of halogens is 3. The largest absolute Gasteiger partial charge is 0.243 e. The van der Waals surface area contributed by atoms with Gasteiger partial charge < -0.3 is 0 Å². The standard InChI is InChI=1S/C8H4Br2ClN/c9-3-1-2-6-4-8(11)12-5-7(6)10/h4-5H,3H2. The van der Waals surface area contributed by atoms with Crippen LogP contribution in [-0.4, -0.2) is 10.3 Å². The number of aromatic nitrogens is 1. The van der Waals surface area contributed by atoms with E-state index in [1.165, 1.54) is 0 Å². The third kappa shape index (κ3) is 2.78. The Bertz CT molecular complexity index is 341. The SMILES string of the molecule is Clc1cc(C#CCBr)c(Br)cn1. The molecule has 12 heavy (non-hydrogen) atoms. The molecule has 0 aliphatic heterocycles. The molecule has 1 heterocycles. The number of hydrogen-bond donors (Lipinski definition) is 0. The van der Waals surface area contributed by atoms with Gasteiger partial charge in [-0.25, -0.2) is 4.98 Å². The maximum absolute atomic E-state index is 5.68. The second-order valence-electron chi connectivity index (χ2n) is 1.92. The van der Waals surface area contributed by atoms with E-state index in [0.29, 0.717) is 10.5 Å². The molecule has 62 valence electrons. The molecule has 0 aliphatic carbocycles. The maximum Gasteiger partial charge on any atom is 0.130 e. The second-order valence-corrected chi connectivity index (χ2v) is 3.72. The van der Waals surface area contributed by atoms with Crippen molar-refractivity contribution in [2.75, 3.05) is 5.33 Å². The first kappa shape index (κ1) is 10.0. The van der Waals surface area contributed by atoms with Crippen molar-refractivity contribution < 1.29 is 0 Å². The average molecular weight is 309 g/mol. The number of alkyl halides is 1. The molecule has 1 nitrogen and oxygen atoms in total. The van der Waals surface area contributed by atoms with Gasteiger partial charge in [-0.2, -0.15) is 0 Å². The molecule has 0 fully saturated rings. The first-order valence-electron chi connectivity index (χ1n) is 3.10. The molecular weight excluding hydrogens is 305 g/mol. The van der Waals surface area contributed by atoms with Gasteiger partial charge in [-0.05, 0) is 22.0 Å². The van der Waals surface area contributed by atoms with Gasteiger partial charge in [0.05, 0.1) is 9.80 Å². The van der Waals surface area contributed by atoms with Gasteiger partial charge >= 0.3 is 0 Å². The Hall–Kier alpha value is -0.0400. The van der Waals surface area contributed by atoms with Crippen LogP contribution in [0.4, 0.5) is 0 Å². The summed E-state index contributed by atoms with van der Waals surface area (Å²) in [4.78, 5) is 3.89. The Morgan fingerprint density at radius 1 is 1.58 bits per heavy atom. The normalized spacial score (nSPS) is 8.92. The molecular formula is C8H4Br2ClN. The second kappa shape index (κ2) is 4.86. The molecule has 0 spiro atoms. The van der Waals surface area contributed by atoms with E-state index in [1.54, 1.807) is 12.3 Å². The monoisotopic (exact) mass is 307 g/mol. The fraction of sp³-hybridized carbons (Fsp3) is 0.125. The molecule has 1 aromatic rings. The molecule has 1 rings (SSSR count). The van der Waals surface area contributed by atoms with Crippen LogP contribution in [0.5, 0.6) is 0 Å². The van der Waals surface area contributed by atoms with Crippen LogP contribution < -0.4 is 0 Å². The molecule has 0 radical (unpaired) electrons. The Balaban J connectivity index is 3.05. The van der Waals surface area contributed by atoms with Crippen LogP contribution in [0.1, 0.15) is 5.56 Å². The van der Waals surface area contributed by atoms with Crippen molar-refractivity contribution in [1.82, 2.24) is 4.98 Å². The van der Waals surface area contributed by atoms with Crippen molar-refractivity contribution in [2.24, 2.45) is 0 Å². The molecule has 0 aliphatic rings. The Morgan fingerprint density at radius 3 is 3.00 bits per heavy atom. The van der Waals surface area contributed by atoms with Crippen molar-refractivity contribution in [1.29, 1.82) is 0 Å². The molecule has 0 N–H and O–H groups in total. The highest BCUT2D eigenvalue weighted by Crippen LogP contribution is 2.17.